The lowest BCUT2D eigenvalue weighted by Crippen LogP contribution is -2.19. The van der Waals surface area contributed by atoms with E-state index in [9.17, 15) is 27.7 Å². The average molecular weight is 277 g/mol. The van der Waals surface area contributed by atoms with Crippen LogP contribution in [0, 0.1) is 15.9 Å². The summed E-state index contributed by atoms with van der Waals surface area (Å²) in [6, 6.07) is 2.57. The van der Waals surface area contributed by atoms with Gasteiger partial charge in [-0.05, 0) is 12.1 Å². The fraction of sp³-hybridized carbons (Fsp3) is 0.100. The molecular formula is C10H7F4N3O2. The van der Waals surface area contributed by atoms with Crippen LogP contribution >= 0.6 is 0 Å². The number of nitro benzene ring substituents is 1. The van der Waals surface area contributed by atoms with Gasteiger partial charge < -0.3 is 5.73 Å². The smallest absolute Gasteiger partial charge is 0.395 e. The largest absolute Gasteiger partial charge is 0.430 e. The molecule has 0 aliphatic carbocycles. The summed E-state index contributed by atoms with van der Waals surface area (Å²) >= 11 is 0. The van der Waals surface area contributed by atoms with Gasteiger partial charge in [0.25, 0.3) is 5.69 Å². The standard InChI is InChI=1S/C10H7F4N3O2/c11-7-5-6(17(18)19)1-2-8(7)16-4-3-9(15)10(12,13)14/h1-5H,15H2. The molecule has 0 aromatic heterocycles. The van der Waals surface area contributed by atoms with Crippen LogP contribution in [0.1, 0.15) is 0 Å². The molecule has 0 amide bonds. The molecule has 1 rings (SSSR count). The Labute approximate surface area is 104 Å². The maximum Gasteiger partial charge on any atom is 0.430 e. The van der Waals surface area contributed by atoms with Crippen molar-refractivity contribution in [3.63, 3.8) is 0 Å². The number of benzene rings is 1. The van der Waals surface area contributed by atoms with E-state index in [0.717, 1.165) is 12.1 Å². The minimum absolute atomic E-state index is 0.336. The van der Waals surface area contributed by atoms with Gasteiger partial charge in [0.05, 0.1) is 16.7 Å². The van der Waals surface area contributed by atoms with E-state index in [1.807, 2.05) is 0 Å². The van der Waals surface area contributed by atoms with Crippen LogP contribution in [0.25, 0.3) is 0 Å². The first-order valence-electron chi connectivity index (χ1n) is 4.73. The summed E-state index contributed by atoms with van der Waals surface area (Å²) in [4.78, 5) is 12.9. The summed E-state index contributed by atoms with van der Waals surface area (Å²) in [7, 11) is 0. The second kappa shape index (κ2) is 5.46. The topological polar surface area (TPSA) is 81.5 Å². The lowest BCUT2D eigenvalue weighted by molar-refractivity contribution is -0.385. The van der Waals surface area contributed by atoms with Crippen molar-refractivity contribution in [2.45, 2.75) is 6.18 Å². The van der Waals surface area contributed by atoms with E-state index in [4.69, 9.17) is 0 Å². The zero-order valence-corrected chi connectivity index (χ0v) is 9.19. The Bertz CT molecular complexity index is 552. The maximum absolute atomic E-state index is 13.3. The number of nitro groups is 1. The van der Waals surface area contributed by atoms with Crippen molar-refractivity contribution in [2.24, 2.45) is 10.7 Å². The first kappa shape index (κ1) is 14.6. The molecule has 5 nitrogen and oxygen atoms in total. The minimum atomic E-state index is -4.69. The highest BCUT2D eigenvalue weighted by atomic mass is 19.4. The molecular weight excluding hydrogens is 270 g/mol. The molecule has 19 heavy (non-hydrogen) atoms. The van der Waals surface area contributed by atoms with Gasteiger partial charge in [0.15, 0.2) is 5.82 Å². The quantitative estimate of drug-likeness (QED) is 0.399. The van der Waals surface area contributed by atoms with E-state index in [1.54, 1.807) is 0 Å². The van der Waals surface area contributed by atoms with E-state index in [-0.39, 0.29) is 5.69 Å². The Morgan fingerprint density at radius 3 is 2.53 bits per heavy atom. The highest BCUT2D eigenvalue weighted by molar-refractivity contribution is 5.75. The molecule has 0 aliphatic rings. The average Bonchev–Trinajstić information content (AvgIpc) is 2.29. The van der Waals surface area contributed by atoms with Crippen LogP contribution < -0.4 is 5.73 Å². The normalized spacial score (nSPS) is 12.9. The van der Waals surface area contributed by atoms with E-state index in [2.05, 4.69) is 10.7 Å². The Morgan fingerprint density at radius 1 is 1.42 bits per heavy atom. The van der Waals surface area contributed by atoms with Gasteiger partial charge >= 0.3 is 6.18 Å². The molecule has 0 heterocycles. The van der Waals surface area contributed by atoms with Crippen molar-refractivity contribution in [3.8, 4) is 0 Å². The first-order valence-corrected chi connectivity index (χ1v) is 4.73. The molecule has 0 spiro atoms. The SMILES string of the molecule is NC(=CC=Nc1ccc([N+](=O)[O-])cc1F)C(F)(F)F. The van der Waals surface area contributed by atoms with Gasteiger partial charge in [-0.3, -0.25) is 15.1 Å². The Kier molecular flexibility index (Phi) is 4.20. The van der Waals surface area contributed by atoms with Crippen molar-refractivity contribution < 1.29 is 22.5 Å². The first-order chi connectivity index (χ1) is 8.71. The molecule has 0 radical (unpaired) electrons. The molecule has 1 aromatic rings. The zero-order chi connectivity index (χ0) is 14.6. The van der Waals surface area contributed by atoms with Gasteiger partial charge in [0.1, 0.15) is 5.70 Å². The predicted octanol–water partition coefficient (Wildman–Crippen LogP) is 2.84. The lowest BCUT2D eigenvalue weighted by Gasteiger charge is -2.03. The van der Waals surface area contributed by atoms with Gasteiger partial charge in [-0.25, -0.2) is 4.39 Å². The number of allylic oxidation sites excluding steroid dienone is 2. The highest BCUT2D eigenvalue weighted by Crippen LogP contribution is 2.23. The van der Waals surface area contributed by atoms with E-state index in [1.165, 1.54) is 0 Å². The van der Waals surface area contributed by atoms with Crippen molar-refractivity contribution in [1.29, 1.82) is 0 Å². The number of halogens is 4. The van der Waals surface area contributed by atoms with Crippen LogP contribution in [0.15, 0.2) is 35.0 Å². The van der Waals surface area contributed by atoms with Gasteiger partial charge in [0, 0.05) is 12.3 Å². The van der Waals surface area contributed by atoms with Gasteiger partial charge in [-0.1, -0.05) is 0 Å². The molecule has 0 saturated carbocycles. The fourth-order valence-corrected chi connectivity index (χ4v) is 1.01. The van der Waals surface area contributed by atoms with Crippen LogP contribution in [0.4, 0.5) is 28.9 Å². The monoisotopic (exact) mass is 277 g/mol. The molecule has 0 bridgehead atoms. The molecule has 2 N–H and O–H groups in total. The third kappa shape index (κ3) is 4.05. The number of non-ortho nitro benzene ring substituents is 1. The molecule has 0 fully saturated rings. The zero-order valence-electron chi connectivity index (χ0n) is 9.19. The summed E-state index contributed by atoms with van der Waals surface area (Å²) in [5.74, 6) is -1.02. The van der Waals surface area contributed by atoms with Crippen LogP contribution in [-0.4, -0.2) is 17.3 Å². The summed E-state index contributed by atoms with van der Waals surface area (Å²) in [5, 5.41) is 10.3. The van der Waals surface area contributed by atoms with E-state index in [0.29, 0.717) is 18.4 Å². The van der Waals surface area contributed by atoms with Gasteiger partial charge in [0.2, 0.25) is 0 Å². The van der Waals surface area contributed by atoms with Gasteiger partial charge in [-0.2, -0.15) is 13.2 Å². The van der Waals surface area contributed by atoms with E-state index >= 15 is 0 Å². The van der Waals surface area contributed by atoms with Crippen LogP contribution in [0.2, 0.25) is 0 Å². The fourth-order valence-electron chi connectivity index (χ4n) is 1.01. The van der Waals surface area contributed by atoms with Crippen molar-refractivity contribution in [3.05, 3.63) is 45.9 Å². The second-order valence-electron chi connectivity index (χ2n) is 3.29. The number of aliphatic imine (C=N–C) groups is 1. The predicted molar refractivity (Wildman–Crippen MR) is 59.5 cm³/mol. The van der Waals surface area contributed by atoms with Crippen LogP contribution in [0.3, 0.4) is 0 Å². The van der Waals surface area contributed by atoms with E-state index < -0.39 is 28.3 Å². The summed E-state index contributed by atoms with van der Waals surface area (Å²) in [6.45, 7) is 0. The van der Waals surface area contributed by atoms with Crippen molar-refractivity contribution in [2.75, 3.05) is 0 Å². The summed E-state index contributed by atoms with van der Waals surface area (Å²) in [5.41, 5.74) is 2.47. The molecule has 0 saturated heterocycles. The molecule has 9 heteroatoms. The number of nitrogens with two attached hydrogens (primary N) is 1. The molecule has 102 valence electrons. The third-order valence-corrected chi connectivity index (χ3v) is 1.94. The molecule has 1 aromatic carbocycles. The Hall–Kier alpha value is -2.45. The highest BCUT2D eigenvalue weighted by Gasteiger charge is 2.30. The van der Waals surface area contributed by atoms with Crippen molar-refractivity contribution >= 4 is 17.6 Å². The summed E-state index contributed by atoms with van der Waals surface area (Å²) < 4.78 is 49.3. The molecule has 0 atom stereocenters. The number of alkyl halides is 3. The third-order valence-electron chi connectivity index (χ3n) is 1.94. The number of nitrogens with zero attached hydrogens (tertiary/aromatic N) is 2. The Balaban J connectivity index is 2.92. The minimum Gasteiger partial charge on any atom is -0.395 e. The van der Waals surface area contributed by atoms with Crippen LogP contribution in [0.5, 0.6) is 0 Å². The van der Waals surface area contributed by atoms with Crippen LogP contribution in [-0.2, 0) is 0 Å². The Morgan fingerprint density at radius 2 is 2.05 bits per heavy atom. The lowest BCUT2D eigenvalue weighted by atomic mass is 10.3. The summed E-state index contributed by atoms with van der Waals surface area (Å²) in [6.07, 6.45) is -3.58. The number of hydrogen-bond acceptors (Lipinski definition) is 4. The molecule has 0 aliphatic heterocycles. The number of rotatable bonds is 3. The van der Waals surface area contributed by atoms with Gasteiger partial charge in [-0.15, -0.1) is 0 Å². The number of hydrogen-bond donors (Lipinski definition) is 1. The molecule has 0 unspecified atom stereocenters. The second-order valence-corrected chi connectivity index (χ2v) is 3.29. The van der Waals surface area contributed by atoms with Crippen molar-refractivity contribution in [1.82, 2.24) is 0 Å². The maximum atomic E-state index is 13.3.